The third-order valence-electron chi connectivity index (χ3n) is 6.26. The fourth-order valence-electron chi connectivity index (χ4n) is 4.83. The number of imide groups is 1. The van der Waals surface area contributed by atoms with Gasteiger partial charge in [-0.25, -0.2) is 4.39 Å². The van der Waals surface area contributed by atoms with Crippen molar-refractivity contribution in [2.45, 2.75) is 19.3 Å². The zero-order chi connectivity index (χ0) is 20.4. The highest BCUT2D eigenvalue weighted by molar-refractivity contribution is 14.0. The van der Waals surface area contributed by atoms with Crippen LogP contribution in [0, 0.1) is 29.5 Å². The van der Waals surface area contributed by atoms with Crippen molar-refractivity contribution in [2.24, 2.45) is 28.7 Å². The number of rotatable bonds is 7. The minimum absolute atomic E-state index is 0. The second-order valence-corrected chi connectivity index (χ2v) is 7.98. The van der Waals surface area contributed by atoms with Crippen LogP contribution in [0.1, 0.15) is 18.4 Å². The van der Waals surface area contributed by atoms with Crippen molar-refractivity contribution in [1.82, 2.24) is 15.5 Å². The molecule has 3 aliphatic rings. The fraction of sp³-hybridized carbons (Fsp3) is 0.500. The molecule has 2 fully saturated rings. The largest absolute Gasteiger partial charge is 0.356 e. The number of nitrogens with one attached hydrogen (secondary N) is 2. The van der Waals surface area contributed by atoms with Gasteiger partial charge < -0.3 is 10.6 Å². The molecule has 6 nitrogen and oxygen atoms in total. The highest BCUT2D eigenvalue weighted by Crippen LogP contribution is 2.52. The molecular formula is C22H28FIN4O2. The van der Waals surface area contributed by atoms with Crippen LogP contribution in [0.2, 0.25) is 0 Å². The summed E-state index contributed by atoms with van der Waals surface area (Å²) in [6.07, 6.45) is 6.63. The van der Waals surface area contributed by atoms with Gasteiger partial charge in [0, 0.05) is 26.7 Å². The van der Waals surface area contributed by atoms with Gasteiger partial charge in [-0.3, -0.25) is 19.5 Å². The number of carbonyl (C=O) groups is 2. The Labute approximate surface area is 193 Å². The molecule has 2 aliphatic carbocycles. The molecule has 2 N–H and O–H groups in total. The van der Waals surface area contributed by atoms with Gasteiger partial charge in [-0.05, 0) is 48.8 Å². The Morgan fingerprint density at radius 2 is 1.67 bits per heavy atom. The molecule has 0 radical (unpaired) electrons. The summed E-state index contributed by atoms with van der Waals surface area (Å²) in [6.45, 7) is 1.74. The maximum absolute atomic E-state index is 12.9. The SMILES string of the molecule is CN=C(NCCCN1C(=O)C2C3C=CC(C3)C2C1=O)NCCc1ccc(F)cc1.I. The molecule has 4 atom stereocenters. The molecule has 8 heteroatoms. The molecule has 162 valence electrons. The van der Waals surface area contributed by atoms with Crippen LogP contribution >= 0.6 is 24.0 Å². The molecule has 1 saturated heterocycles. The Bertz CT molecular complexity index is 812. The number of allylic oxidation sites excluding steroid dienone is 2. The van der Waals surface area contributed by atoms with Gasteiger partial charge in [-0.1, -0.05) is 24.3 Å². The molecular weight excluding hydrogens is 498 g/mol. The van der Waals surface area contributed by atoms with E-state index in [1.807, 2.05) is 0 Å². The summed E-state index contributed by atoms with van der Waals surface area (Å²) in [4.78, 5) is 31.0. The van der Waals surface area contributed by atoms with Gasteiger partial charge in [0.1, 0.15) is 5.82 Å². The van der Waals surface area contributed by atoms with E-state index in [2.05, 4.69) is 27.8 Å². The molecule has 1 aromatic rings. The van der Waals surface area contributed by atoms with Crippen LogP contribution < -0.4 is 10.6 Å². The first-order valence-electron chi connectivity index (χ1n) is 10.3. The molecule has 1 saturated carbocycles. The highest BCUT2D eigenvalue weighted by atomic mass is 127. The summed E-state index contributed by atoms with van der Waals surface area (Å²) >= 11 is 0. The lowest BCUT2D eigenvalue weighted by Gasteiger charge is -2.18. The topological polar surface area (TPSA) is 73.8 Å². The Morgan fingerprint density at radius 3 is 2.27 bits per heavy atom. The molecule has 4 rings (SSSR count). The van der Waals surface area contributed by atoms with Gasteiger partial charge >= 0.3 is 0 Å². The van der Waals surface area contributed by atoms with Crippen molar-refractivity contribution in [2.75, 3.05) is 26.7 Å². The molecule has 30 heavy (non-hydrogen) atoms. The summed E-state index contributed by atoms with van der Waals surface area (Å²) in [7, 11) is 1.70. The molecule has 0 aromatic heterocycles. The maximum atomic E-state index is 12.9. The zero-order valence-electron chi connectivity index (χ0n) is 17.0. The number of amides is 2. The lowest BCUT2D eigenvalue weighted by molar-refractivity contribution is -0.140. The monoisotopic (exact) mass is 526 g/mol. The van der Waals surface area contributed by atoms with Gasteiger partial charge in [0.25, 0.3) is 0 Å². The van der Waals surface area contributed by atoms with Crippen molar-refractivity contribution >= 4 is 41.8 Å². The van der Waals surface area contributed by atoms with Crippen molar-refractivity contribution < 1.29 is 14.0 Å². The van der Waals surface area contributed by atoms with Crippen LogP contribution in [0.3, 0.4) is 0 Å². The van der Waals surface area contributed by atoms with Crippen LogP contribution in [-0.4, -0.2) is 49.4 Å². The van der Waals surface area contributed by atoms with E-state index in [-0.39, 0.29) is 65.3 Å². The molecule has 2 bridgehead atoms. The summed E-state index contributed by atoms with van der Waals surface area (Å²) < 4.78 is 12.9. The third kappa shape index (κ3) is 4.53. The van der Waals surface area contributed by atoms with Crippen LogP contribution in [0.4, 0.5) is 4.39 Å². The molecule has 2 amide bonds. The van der Waals surface area contributed by atoms with E-state index in [0.717, 1.165) is 18.4 Å². The number of benzene rings is 1. The first-order valence-corrected chi connectivity index (χ1v) is 10.3. The Balaban J connectivity index is 0.00000256. The number of likely N-dealkylation sites (tertiary alicyclic amines) is 1. The van der Waals surface area contributed by atoms with Gasteiger partial charge in [-0.2, -0.15) is 0 Å². The van der Waals surface area contributed by atoms with Crippen LogP contribution in [-0.2, 0) is 16.0 Å². The number of guanidine groups is 1. The van der Waals surface area contributed by atoms with Crippen molar-refractivity contribution in [3.63, 3.8) is 0 Å². The molecule has 1 heterocycles. The molecule has 4 unspecified atom stereocenters. The number of nitrogens with zero attached hydrogens (tertiary/aromatic N) is 2. The standard InChI is InChI=1S/C22H27FN4O2.HI/c1-24-22(26-11-9-14-3-7-17(23)8-4-14)25-10-2-12-27-20(28)18-15-5-6-16(13-15)19(18)21(27)29;/h3-8,15-16,18-19H,2,9-13H2,1H3,(H2,24,25,26);1H. The summed E-state index contributed by atoms with van der Waals surface area (Å²) in [6, 6.07) is 6.46. The number of carbonyl (C=O) groups excluding carboxylic acids is 2. The second kappa shape index (κ2) is 9.89. The van der Waals surface area contributed by atoms with E-state index in [9.17, 15) is 14.0 Å². The molecule has 1 aliphatic heterocycles. The minimum atomic E-state index is -0.235. The van der Waals surface area contributed by atoms with Gasteiger partial charge in [0.15, 0.2) is 5.96 Å². The number of aliphatic imine (C=N–C) groups is 1. The number of halogens is 2. The Morgan fingerprint density at radius 1 is 1.07 bits per heavy atom. The highest BCUT2D eigenvalue weighted by Gasteiger charge is 2.58. The smallest absolute Gasteiger partial charge is 0.233 e. The van der Waals surface area contributed by atoms with Crippen molar-refractivity contribution in [3.05, 3.63) is 47.8 Å². The summed E-state index contributed by atoms with van der Waals surface area (Å²) in [5.41, 5.74) is 1.05. The number of hydrogen-bond donors (Lipinski definition) is 2. The second-order valence-electron chi connectivity index (χ2n) is 7.98. The fourth-order valence-corrected chi connectivity index (χ4v) is 4.83. The predicted molar refractivity (Wildman–Crippen MR) is 124 cm³/mol. The van der Waals surface area contributed by atoms with E-state index in [0.29, 0.717) is 32.0 Å². The first kappa shape index (κ1) is 22.7. The van der Waals surface area contributed by atoms with E-state index in [4.69, 9.17) is 0 Å². The quantitative estimate of drug-likeness (QED) is 0.143. The number of hydrogen-bond acceptors (Lipinski definition) is 3. The Hall–Kier alpha value is -1.97. The van der Waals surface area contributed by atoms with E-state index >= 15 is 0 Å². The molecule has 0 spiro atoms. The third-order valence-corrected chi connectivity index (χ3v) is 6.26. The lowest BCUT2D eigenvalue weighted by atomic mass is 9.85. The van der Waals surface area contributed by atoms with E-state index < -0.39 is 0 Å². The molecule has 1 aromatic carbocycles. The number of fused-ring (bicyclic) bond motifs is 5. The average molecular weight is 526 g/mol. The van der Waals surface area contributed by atoms with E-state index in [1.165, 1.54) is 17.0 Å². The minimum Gasteiger partial charge on any atom is -0.356 e. The summed E-state index contributed by atoms with van der Waals surface area (Å²) in [5.74, 6) is 0.740. The normalized spacial score (nSPS) is 26.7. The van der Waals surface area contributed by atoms with Crippen LogP contribution in [0.5, 0.6) is 0 Å². The average Bonchev–Trinajstić information content (AvgIpc) is 3.40. The van der Waals surface area contributed by atoms with Crippen LogP contribution in [0.15, 0.2) is 41.4 Å². The lowest BCUT2D eigenvalue weighted by Crippen LogP contribution is -2.40. The van der Waals surface area contributed by atoms with Gasteiger partial charge in [0.2, 0.25) is 11.8 Å². The first-order chi connectivity index (χ1) is 14.1. The summed E-state index contributed by atoms with van der Waals surface area (Å²) in [5, 5.41) is 6.44. The van der Waals surface area contributed by atoms with E-state index in [1.54, 1.807) is 19.2 Å². The van der Waals surface area contributed by atoms with Gasteiger partial charge in [0.05, 0.1) is 11.8 Å². The predicted octanol–water partition coefficient (Wildman–Crippen LogP) is 2.35. The van der Waals surface area contributed by atoms with Gasteiger partial charge in [-0.15, -0.1) is 24.0 Å². The maximum Gasteiger partial charge on any atom is 0.233 e. The zero-order valence-corrected chi connectivity index (χ0v) is 19.3. The Kier molecular flexibility index (Phi) is 7.49. The van der Waals surface area contributed by atoms with Crippen molar-refractivity contribution in [1.29, 1.82) is 0 Å². The van der Waals surface area contributed by atoms with Crippen molar-refractivity contribution in [3.8, 4) is 0 Å². The van der Waals surface area contributed by atoms with Crippen LogP contribution in [0.25, 0.3) is 0 Å².